The summed E-state index contributed by atoms with van der Waals surface area (Å²) < 4.78 is 5.69. The second-order valence-electron chi connectivity index (χ2n) is 23.6. The van der Waals surface area contributed by atoms with Gasteiger partial charge in [0.25, 0.3) is 5.91 Å². The van der Waals surface area contributed by atoms with E-state index in [1.807, 2.05) is 84.4 Å². The summed E-state index contributed by atoms with van der Waals surface area (Å²) in [5, 5.41) is 19.8. The van der Waals surface area contributed by atoms with Gasteiger partial charge in [-0.3, -0.25) is 33.9 Å². The maximum Gasteiger partial charge on any atom is 0.411 e. The summed E-state index contributed by atoms with van der Waals surface area (Å²) in [6, 6.07) is 25.1. The molecule has 5 heterocycles. The van der Waals surface area contributed by atoms with Gasteiger partial charge in [0, 0.05) is 101 Å². The lowest BCUT2D eigenvalue weighted by Crippen LogP contribution is -2.51. The van der Waals surface area contributed by atoms with Gasteiger partial charge >= 0.3 is 6.09 Å². The van der Waals surface area contributed by atoms with Crippen LogP contribution < -0.4 is 20.9 Å². The summed E-state index contributed by atoms with van der Waals surface area (Å²) in [5.41, 5.74) is 7.27. The number of halogens is 1. The van der Waals surface area contributed by atoms with Gasteiger partial charge in [0.2, 0.25) is 17.7 Å². The number of piperazine rings is 2. The highest BCUT2D eigenvalue weighted by Gasteiger charge is 2.35. The lowest BCUT2D eigenvalue weighted by Gasteiger charge is -2.38. The van der Waals surface area contributed by atoms with Crippen LogP contribution >= 0.6 is 11.6 Å². The number of carbonyl (C=O) groups is 5. The number of aryl methyl sites for hydroxylation is 2. The fourth-order valence-electron chi connectivity index (χ4n) is 11.3. The van der Waals surface area contributed by atoms with Crippen LogP contribution in [-0.2, 0) is 38.5 Å². The SMILES string of the molecule is CCc1cccc(-c2cnc(C(=O)N3CCN(CC4CCN(CC(=O)NCCNC)CC4)CC3)c(NC(=O)CN(Cc3cccc(C)c3)C(=O)OC(C)(C)C)c2)c1.C[C@@H]1CC(O)c2ncnc(N3CCN(C(=O)Cc4ccc(Cl)cc4)CC3)c21. The summed E-state index contributed by atoms with van der Waals surface area (Å²) in [4.78, 5) is 91.7. The van der Waals surface area contributed by atoms with Gasteiger partial charge in [-0.1, -0.05) is 91.7 Å². The molecule has 0 spiro atoms. The average molecular weight is 1170 g/mol. The van der Waals surface area contributed by atoms with E-state index in [1.54, 1.807) is 33.0 Å². The van der Waals surface area contributed by atoms with E-state index in [4.69, 9.17) is 16.3 Å². The molecule has 2 aromatic heterocycles. The third-order valence-electron chi connectivity index (χ3n) is 15.9. The fourth-order valence-corrected chi connectivity index (χ4v) is 11.5. The van der Waals surface area contributed by atoms with Crippen molar-refractivity contribution < 1.29 is 33.8 Å². The minimum absolute atomic E-state index is 0.0722. The number of aromatic nitrogens is 3. The molecule has 5 amide bonds. The number of pyridine rings is 1. The number of hydrogen-bond donors (Lipinski definition) is 4. The zero-order valence-corrected chi connectivity index (χ0v) is 50.8. The zero-order valence-electron chi connectivity index (χ0n) is 50.0. The average Bonchev–Trinajstić information content (AvgIpc) is 3.78. The molecule has 0 radical (unpaired) electrons. The highest BCUT2D eigenvalue weighted by molar-refractivity contribution is 6.30. The number of rotatable bonds is 18. The Labute approximate surface area is 500 Å². The van der Waals surface area contributed by atoms with Crippen LogP contribution in [0.5, 0.6) is 0 Å². The smallest absolute Gasteiger partial charge is 0.411 e. The van der Waals surface area contributed by atoms with E-state index in [0.717, 1.165) is 122 Å². The monoisotopic (exact) mass is 1170 g/mol. The van der Waals surface area contributed by atoms with Crippen molar-refractivity contribution in [2.24, 2.45) is 5.92 Å². The van der Waals surface area contributed by atoms with E-state index in [9.17, 15) is 29.1 Å². The summed E-state index contributed by atoms with van der Waals surface area (Å²) in [6.45, 7) is 21.4. The second kappa shape index (κ2) is 29.7. The Morgan fingerprint density at radius 3 is 2.17 bits per heavy atom. The van der Waals surface area contributed by atoms with E-state index in [-0.39, 0.29) is 42.4 Å². The molecule has 450 valence electrons. The number of fused-ring (bicyclic) bond motifs is 1. The van der Waals surface area contributed by atoms with Crippen molar-refractivity contribution in [1.82, 2.24) is 50.1 Å². The maximum absolute atomic E-state index is 14.2. The van der Waals surface area contributed by atoms with Gasteiger partial charge in [-0.05, 0) is 126 Å². The zero-order chi connectivity index (χ0) is 59.9. The summed E-state index contributed by atoms with van der Waals surface area (Å²) >= 11 is 5.90. The number of amides is 5. The second-order valence-corrected chi connectivity index (χ2v) is 24.1. The van der Waals surface area contributed by atoms with Gasteiger partial charge in [-0.2, -0.15) is 0 Å². The predicted octanol–water partition coefficient (Wildman–Crippen LogP) is 7.36. The Morgan fingerprint density at radius 2 is 1.48 bits per heavy atom. The van der Waals surface area contributed by atoms with Crippen molar-refractivity contribution in [3.8, 4) is 11.1 Å². The molecule has 3 aliphatic heterocycles. The molecule has 3 aromatic carbocycles. The number of nitrogens with zero attached hydrogens (tertiary/aromatic N) is 9. The number of nitrogens with one attached hydrogen (secondary N) is 3. The molecule has 1 aliphatic carbocycles. The first-order valence-electron chi connectivity index (χ1n) is 29.7. The molecule has 0 saturated carbocycles. The summed E-state index contributed by atoms with van der Waals surface area (Å²) in [7, 11) is 1.87. The van der Waals surface area contributed by atoms with Gasteiger partial charge in [-0.25, -0.2) is 19.7 Å². The Kier molecular flexibility index (Phi) is 22.3. The first-order chi connectivity index (χ1) is 40.3. The Morgan fingerprint density at radius 1 is 0.774 bits per heavy atom. The lowest BCUT2D eigenvalue weighted by molar-refractivity contribution is -0.130. The van der Waals surface area contributed by atoms with Crippen molar-refractivity contribution in [3.63, 3.8) is 0 Å². The fraction of sp³-hybridized carbons (Fsp3) is 0.500. The van der Waals surface area contributed by atoms with Crippen LogP contribution in [0.15, 0.2) is 91.4 Å². The van der Waals surface area contributed by atoms with Gasteiger partial charge in [0.15, 0.2) is 5.69 Å². The summed E-state index contributed by atoms with van der Waals surface area (Å²) in [6.07, 6.45) is 6.15. The molecular weight excluding hydrogens is 1080 g/mol. The lowest BCUT2D eigenvalue weighted by atomic mass is 9.96. The molecule has 3 fully saturated rings. The first kappa shape index (κ1) is 63.0. The molecule has 9 rings (SSSR count). The van der Waals surface area contributed by atoms with Crippen LogP contribution in [0, 0.1) is 12.8 Å². The number of hydrogen-bond acceptors (Lipinski definition) is 14. The molecule has 84 heavy (non-hydrogen) atoms. The first-order valence-corrected chi connectivity index (χ1v) is 30.1. The topological polar surface area (TPSA) is 209 Å². The number of likely N-dealkylation sites (tertiary alicyclic amines) is 1. The molecule has 0 bridgehead atoms. The molecule has 3 saturated heterocycles. The molecule has 2 atom stereocenters. The van der Waals surface area contributed by atoms with E-state index in [0.29, 0.717) is 68.7 Å². The minimum atomic E-state index is -0.754. The van der Waals surface area contributed by atoms with Crippen LogP contribution in [-0.4, -0.2) is 185 Å². The van der Waals surface area contributed by atoms with Crippen molar-refractivity contribution in [2.75, 3.05) is 115 Å². The Hall–Kier alpha value is -7.03. The number of likely N-dealkylation sites (N-methyl/N-ethyl adjacent to an activating group) is 1. The van der Waals surface area contributed by atoms with Crippen molar-refractivity contribution in [3.05, 3.63) is 136 Å². The number of anilines is 2. The maximum atomic E-state index is 14.2. The van der Waals surface area contributed by atoms with Crippen molar-refractivity contribution in [1.29, 1.82) is 0 Å². The highest BCUT2D eigenvalue weighted by Crippen LogP contribution is 2.43. The standard InChI is InChI=1S/C44H62N8O5.C20H23ClN4O2/c1-7-33-11-9-13-36(25-33)37-26-38(48-40(54)31-52(43(56)57-44(3,4)5)29-35-12-8-10-32(2)24-35)41(47-27-37)42(55)51-22-20-50(21-23-51)28-34-14-18-49(19-15-34)30-39(53)46-17-16-45-6;1-13-10-16(26)19-18(13)20(23-12-22-19)25-8-6-24(7-9-25)17(27)11-14-2-4-15(21)5-3-14/h8-13,24-27,34,45H,7,14-23,28-31H2,1-6H3,(H,46,53)(H,48,54);2-5,12-13,16,26H,6-11H2,1H3/t;13-,16?/m.1/s1. The van der Waals surface area contributed by atoms with Crippen LogP contribution in [0.3, 0.4) is 0 Å². The number of aliphatic hydroxyl groups excluding tert-OH is 1. The Bertz CT molecular complexity index is 3040. The number of piperidine rings is 1. The van der Waals surface area contributed by atoms with Crippen LogP contribution in [0.4, 0.5) is 16.3 Å². The normalized spacial score (nSPS) is 17.7. The van der Waals surface area contributed by atoms with Crippen LogP contribution in [0.1, 0.15) is 110 Å². The largest absolute Gasteiger partial charge is 0.444 e. The molecule has 5 aromatic rings. The summed E-state index contributed by atoms with van der Waals surface area (Å²) in [5.74, 6) is 1.20. The highest BCUT2D eigenvalue weighted by atomic mass is 35.5. The van der Waals surface area contributed by atoms with E-state index in [2.05, 4.69) is 71.6 Å². The Balaban J connectivity index is 0.000000282. The number of carbonyl (C=O) groups excluding carboxylic acids is 5. The molecule has 4 aliphatic rings. The number of aliphatic hydroxyl groups is 1. The molecular formula is C64H85ClN12O7. The number of benzene rings is 3. The minimum Gasteiger partial charge on any atom is -0.444 e. The van der Waals surface area contributed by atoms with Crippen LogP contribution in [0.2, 0.25) is 5.02 Å². The molecule has 19 nitrogen and oxygen atoms in total. The van der Waals surface area contributed by atoms with Gasteiger partial charge < -0.3 is 40.5 Å². The van der Waals surface area contributed by atoms with Gasteiger partial charge in [0.1, 0.15) is 24.3 Å². The van der Waals surface area contributed by atoms with Gasteiger partial charge in [-0.15, -0.1) is 0 Å². The van der Waals surface area contributed by atoms with Gasteiger partial charge in [0.05, 0.1) is 30.5 Å². The molecule has 1 unspecified atom stereocenters. The third kappa shape index (κ3) is 17.8. The van der Waals surface area contributed by atoms with E-state index >= 15 is 0 Å². The van der Waals surface area contributed by atoms with Crippen LogP contribution in [0.25, 0.3) is 11.1 Å². The van der Waals surface area contributed by atoms with Crippen molar-refractivity contribution >= 4 is 52.8 Å². The predicted molar refractivity (Wildman–Crippen MR) is 328 cm³/mol. The van der Waals surface area contributed by atoms with E-state index in [1.165, 1.54) is 11.2 Å². The van der Waals surface area contributed by atoms with E-state index < -0.39 is 23.7 Å². The van der Waals surface area contributed by atoms with Crippen molar-refractivity contribution in [2.45, 2.75) is 97.8 Å². The third-order valence-corrected chi connectivity index (χ3v) is 16.2. The molecule has 4 N–H and O–H groups in total. The quantitative estimate of drug-likeness (QED) is 0.0633. The number of ether oxygens (including phenoxy) is 1. The molecule has 20 heteroatoms.